The molecule has 0 N–H and O–H groups in total. The van der Waals surface area contributed by atoms with Gasteiger partial charge >= 0.3 is 5.97 Å². The normalized spacial score (nSPS) is 10.8. The highest BCUT2D eigenvalue weighted by Crippen LogP contribution is 2.24. The van der Waals surface area contributed by atoms with Crippen molar-refractivity contribution in [1.29, 1.82) is 0 Å². The molecule has 0 amide bonds. The number of aromatic nitrogens is 2. The molecule has 0 fully saturated rings. The van der Waals surface area contributed by atoms with Crippen LogP contribution in [0.2, 0.25) is 5.02 Å². The van der Waals surface area contributed by atoms with E-state index in [0.29, 0.717) is 33.0 Å². The van der Waals surface area contributed by atoms with Gasteiger partial charge in [0.15, 0.2) is 0 Å². The van der Waals surface area contributed by atoms with Crippen LogP contribution in [0, 0.1) is 0 Å². The monoisotopic (exact) mass is 390 g/mol. The topological polar surface area (TPSA) is 61.2 Å². The van der Waals surface area contributed by atoms with Crippen molar-refractivity contribution in [2.45, 2.75) is 0 Å². The minimum atomic E-state index is -0.475. The van der Waals surface area contributed by atoms with E-state index in [2.05, 4.69) is 0 Å². The van der Waals surface area contributed by atoms with E-state index in [1.807, 2.05) is 6.07 Å². The van der Waals surface area contributed by atoms with E-state index < -0.39 is 5.97 Å². The standard InChI is InChI=1S/C22H15ClN2O3/c1-28-22(27)15-5-4-6-17(13-15)25-20(14-9-11-16(23)12-10-14)24-19-8-3-2-7-18(19)21(25)26/h2-13H,1H3. The number of carbonyl (C=O) groups excluding carboxylic acids is 1. The number of rotatable bonds is 3. The first kappa shape index (κ1) is 17.9. The Morgan fingerprint density at radius 3 is 2.50 bits per heavy atom. The van der Waals surface area contributed by atoms with E-state index in [1.165, 1.54) is 11.7 Å². The van der Waals surface area contributed by atoms with Gasteiger partial charge in [0.05, 0.1) is 29.3 Å². The number of esters is 1. The molecule has 0 aliphatic heterocycles. The highest BCUT2D eigenvalue weighted by molar-refractivity contribution is 6.30. The lowest BCUT2D eigenvalue weighted by Gasteiger charge is -2.14. The quantitative estimate of drug-likeness (QED) is 0.483. The first-order chi connectivity index (χ1) is 13.6. The van der Waals surface area contributed by atoms with Crippen LogP contribution in [-0.2, 0) is 4.74 Å². The minimum absolute atomic E-state index is 0.224. The first-order valence-electron chi connectivity index (χ1n) is 8.55. The summed E-state index contributed by atoms with van der Waals surface area (Å²) < 4.78 is 6.30. The minimum Gasteiger partial charge on any atom is -0.465 e. The molecule has 0 aliphatic rings. The van der Waals surface area contributed by atoms with Gasteiger partial charge in [0.2, 0.25) is 0 Å². The number of hydrogen-bond donors (Lipinski definition) is 0. The average Bonchev–Trinajstić information content (AvgIpc) is 2.73. The third-order valence-corrected chi connectivity index (χ3v) is 4.66. The van der Waals surface area contributed by atoms with Crippen LogP contribution in [0.25, 0.3) is 28.0 Å². The molecule has 1 aromatic heterocycles. The summed E-state index contributed by atoms with van der Waals surface area (Å²) in [6, 6.07) is 21.0. The van der Waals surface area contributed by atoms with Crippen molar-refractivity contribution in [3.05, 3.63) is 93.7 Å². The van der Waals surface area contributed by atoms with Gasteiger partial charge in [-0.15, -0.1) is 0 Å². The van der Waals surface area contributed by atoms with Crippen LogP contribution in [-0.4, -0.2) is 22.6 Å². The molecule has 138 valence electrons. The predicted molar refractivity (Wildman–Crippen MR) is 109 cm³/mol. The maximum absolute atomic E-state index is 13.3. The summed E-state index contributed by atoms with van der Waals surface area (Å²) in [6.45, 7) is 0. The smallest absolute Gasteiger partial charge is 0.337 e. The number of hydrogen-bond acceptors (Lipinski definition) is 4. The molecule has 0 bridgehead atoms. The lowest BCUT2D eigenvalue weighted by molar-refractivity contribution is 0.0600. The summed E-state index contributed by atoms with van der Waals surface area (Å²) in [7, 11) is 1.32. The average molecular weight is 391 g/mol. The van der Waals surface area contributed by atoms with Crippen molar-refractivity contribution in [2.75, 3.05) is 7.11 Å². The zero-order valence-electron chi connectivity index (χ0n) is 14.9. The fourth-order valence-corrected chi connectivity index (χ4v) is 3.18. The molecule has 0 spiro atoms. The number of methoxy groups -OCH3 is 1. The molecule has 4 aromatic rings. The van der Waals surface area contributed by atoms with Crippen LogP contribution < -0.4 is 5.56 Å². The molecule has 1 heterocycles. The SMILES string of the molecule is COC(=O)c1cccc(-n2c(-c3ccc(Cl)cc3)nc3ccccc3c2=O)c1. The molecule has 0 saturated carbocycles. The van der Waals surface area contributed by atoms with Gasteiger partial charge in [-0.05, 0) is 54.6 Å². The van der Waals surface area contributed by atoms with Crippen LogP contribution in [0.15, 0.2) is 77.6 Å². The van der Waals surface area contributed by atoms with E-state index in [-0.39, 0.29) is 5.56 Å². The van der Waals surface area contributed by atoms with E-state index in [9.17, 15) is 9.59 Å². The summed E-state index contributed by atoms with van der Waals surface area (Å²) in [5, 5.41) is 1.08. The summed E-state index contributed by atoms with van der Waals surface area (Å²) >= 11 is 6.01. The van der Waals surface area contributed by atoms with Crippen LogP contribution in [0.4, 0.5) is 0 Å². The Hall–Kier alpha value is -3.44. The first-order valence-corrected chi connectivity index (χ1v) is 8.93. The van der Waals surface area contributed by atoms with Gasteiger partial charge in [-0.1, -0.05) is 29.8 Å². The van der Waals surface area contributed by atoms with Gasteiger partial charge in [-0.2, -0.15) is 0 Å². The van der Waals surface area contributed by atoms with E-state index >= 15 is 0 Å². The Morgan fingerprint density at radius 1 is 1.00 bits per heavy atom. The molecule has 5 nitrogen and oxygen atoms in total. The fourth-order valence-electron chi connectivity index (χ4n) is 3.05. The van der Waals surface area contributed by atoms with Crippen LogP contribution in [0.3, 0.4) is 0 Å². The highest BCUT2D eigenvalue weighted by atomic mass is 35.5. The van der Waals surface area contributed by atoms with Gasteiger partial charge in [-0.3, -0.25) is 9.36 Å². The fraction of sp³-hybridized carbons (Fsp3) is 0.0455. The lowest BCUT2D eigenvalue weighted by Crippen LogP contribution is -2.22. The van der Waals surface area contributed by atoms with Gasteiger partial charge in [-0.25, -0.2) is 9.78 Å². The Kier molecular flexibility index (Phi) is 4.67. The highest BCUT2D eigenvalue weighted by Gasteiger charge is 2.16. The molecule has 0 atom stereocenters. The molecule has 28 heavy (non-hydrogen) atoms. The maximum Gasteiger partial charge on any atom is 0.337 e. The van der Waals surface area contributed by atoms with Crippen molar-refractivity contribution in [1.82, 2.24) is 9.55 Å². The Bertz CT molecular complexity index is 1250. The van der Waals surface area contributed by atoms with Gasteiger partial charge in [0.1, 0.15) is 5.82 Å². The third kappa shape index (κ3) is 3.17. The Labute approximate surface area is 165 Å². The third-order valence-electron chi connectivity index (χ3n) is 4.40. The van der Waals surface area contributed by atoms with E-state index in [0.717, 1.165) is 5.56 Å². The molecular weight excluding hydrogens is 376 g/mol. The van der Waals surface area contributed by atoms with Crippen molar-refractivity contribution in [3.8, 4) is 17.1 Å². The molecule has 3 aromatic carbocycles. The van der Waals surface area contributed by atoms with Gasteiger partial charge < -0.3 is 4.74 Å². The largest absolute Gasteiger partial charge is 0.465 e. The zero-order valence-corrected chi connectivity index (χ0v) is 15.7. The molecule has 0 radical (unpaired) electrons. The summed E-state index contributed by atoms with van der Waals surface area (Å²) in [5.74, 6) is -0.0147. The summed E-state index contributed by atoms with van der Waals surface area (Å²) in [4.78, 5) is 30.0. The van der Waals surface area contributed by atoms with Crippen LogP contribution in [0.1, 0.15) is 10.4 Å². The number of carbonyl (C=O) groups is 1. The van der Waals surface area contributed by atoms with Gasteiger partial charge in [0.25, 0.3) is 5.56 Å². The molecule has 4 rings (SSSR count). The molecule has 0 unspecified atom stereocenters. The van der Waals surface area contributed by atoms with Crippen molar-refractivity contribution < 1.29 is 9.53 Å². The van der Waals surface area contributed by atoms with Crippen LogP contribution >= 0.6 is 11.6 Å². The van der Waals surface area contributed by atoms with Crippen LogP contribution in [0.5, 0.6) is 0 Å². The predicted octanol–water partition coefficient (Wildman–Crippen LogP) is 4.49. The number of halogens is 1. The van der Waals surface area contributed by atoms with Gasteiger partial charge in [0, 0.05) is 10.6 Å². The van der Waals surface area contributed by atoms with Crippen molar-refractivity contribution >= 4 is 28.5 Å². The Morgan fingerprint density at radius 2 is 1.75 bits per heavy atom. The number of ether oxygens (including phenoxy) is 1. The number of fused-ring (bicyclic) bond motifs is 1. The lowest BCUT2D eigenvalue weighted by atomic mass is 10.1. The second kappa shape index (κ2) is 7.29. The number of para-hydroxylation sites is 1. The maximum atomic E-state index is 13.3. The second-order valence-electron chi connectivity index (χ2n) is 6.14. The molecule has 0 aliphatic carbocycles. The molecular formula is C22H15ClN2O3. The Balaban J connectivity index is 2.05. The van der Waals surface area contributed by atoms with Crippen molar-refractivity contribution in [3.63, 3.8) is 0 Å². The van der Waals surface area contributed by atoms with E-state index in [1.54, 1.807) is 66.7 Å². The molecule has 0 saturated heterocycles. The summed E-state index contributed by atoms with van der Waals surface area (Å²) in [5.41, 5.74) is 1.98. The second-order valence-corrected chi connectivity index (χ2v) is 6.58. The number of benzene rings is 3. The summed E-state index contributed by atoms with van der Waals surface area (Å²) in [6.07, 6.45) is 0. The zero-order chi connectivity index (χ0) is 19.7. The van der Waals surface area contributed by atoms with Crippen molar-refractivity contribution in [2.24, 2.45) is 0 Å². The van der Waals surface area contributed by atoms with E-state index in [4.69, 9.17) is 21.3 Å². The number of nitrogens with zero attached hydrogens (tertiary/aromatic N) is 2. The molecule has 6 heteroatoms.